The van der Waals surface area contributed by atoms with Crippen LogP contribution in [0.3, 0.4) is 0 Å². The summed E-state index contributed by atoms with van der Waals surface area (Å²) in [5.41, 5.74) is 6.43. The Hall–Kier alpha value is -2.21. The Morgan fingerprint density at radius 3 is 2.85 bits per heavy atom. The zero-order valence-electron chi connectivity index (χ0n) is 10.6. The molecule has 0 bridgehead atoms. The number of hydrogen-bond donors (Lipinski definition) is 1. The fourth-order valence-electron chi connectivity index (χ4n) is 1.62. The van der Waals surface area contributed by atoms with Crippen LogP contribution >= 0.6 is 11.6 Å². The van der Waals surface area contributed by atoms with E-state index in [0.717, 1.165) is 0 Å². The van der Waals surface area contributed by atoms with Crippen LogP contribution in [0.1, 0.15) is 21.7 Å². The van der Waals surface area contributed by atoms with Crippen LogP contribution in [-0.4, -0.2) is 23.0 Å². The molecule has 0 radical (unpaired) electrons. The van der Waals surface area contributed by atoms with E-state index in [1.807, 2.05) is 0 Å². The van der Waals surface area contributed by atoms with Crippen molar-refractivity contribution < 1.29 is 13.9 Å². The molecule has 0 aliphatic heterocycles. The van der Waals surface area contributed by atoms with Crippen LogP contribution in [0.5, 0.6) is 0 Å². The molecule has 2 rings (SSSR count). The molecule has 0 amide bonds. The van der Waals surface area contributed by atoms with Gasteiger partial charge in [-0.3, -0.25) is 0 Å². The van der Waals surface area contributed by atoms with Crippen molar-refractivity contribution in [2.45, 2.75) is 6.42 Å². The van der Waals surface area contributed by atoms with Gasteiger partial charge < -0.3 is 10.5 Å². The molecule has 5 nitrogen and oxygen atoms in total. The molecule has 1 aromatic heterocycles. The van der Waals surface area contributed by atoms with Crippen molar-refractivity contribution in [1.29, 1.82) is 0 Å². The third kappa shape index (κ3) is 3.03. The molecule has 0 unspecified atom stereocenters. The van der Waals surface area contributed by atoms with Crippen LogP contribution in [0.25, 0.3) is 0 Å². The van der Waals surface area contributed by atoms with Crippen molar-refractivity contribution in [3.8, 4) is 0 Å². The van der Waals surface area contributed by atoms with Crippen LogP contribution in [0, 0.1) is 5.82 Å². The molecule has 0 spiro atoms. The number of halogens is 2. The number of nitrogens with zero attached hydrogens (tertiary/aromatic N) is 2. The van der Waals surface area contributed by atoms with E-state index in [1.165, 1.54) is 25.4 Å². The van der Waals surface area contributed by atoms with Gasteiger partial charge in [-0.15, -0.1) is 0 Å². The van der Waals surface area contributed by atoms with Crippen LogP contribution < -0.4 is 5.73 Å². The number of carbonyl (C=O) groups excluding carboxylic acids is 1. The van der Waals surface area contributed by atoms with Gasteiger partial charge in [0.1, 0.15) is 23.0 Å². The predicted molar refractivity (Wildman–Crippen MR) is 72.0 cm³/mol. The first kappa shape index (κ1) is 14.2. The second-order valence-corrected chi connectivity index (χ2v) is 4.40. The van der Waals surface area contributed by atoms with Crippen molar-refractivity contribution in [2.24, 2.45) is 0 Å². The van der Waals surface area contributed by atoms with Crippen molar-refractivity contribution in [1.82, 2.24) is 9.97 Å². The Kier molecular flexibility index (Phi) is 4.14. The summed E-state index contributed by atoms with van der Waals surface area (Å²) in [6.07, 6.45) is 1.58. The van der Waals surface area contributed by atoms with Gasteiger partial charge in [-0.1, -0.05) is 17.7 Å². The van der Waals surface area contributed by atoms with E-state index < -0.39 is 11.8 Å². The summed E-state index contributed by atoms with van der Waals surface area (Å²) in [6, 6.07) is 4.06. The number of benzene rings is 1. The second-order valence-electron chi connectivity index (χ2n) is 3.99. The van der Waals surface area contributed by atoms with Crippen molar-refractivity contribution >= 4 is 23.4 Å². The fourth-order valence-corrected chi connectivity index (χ4v) is 1.86. The van der Waals surface area contributed by atoms with Gasteiger partial charge in [0.25, 0.3) is 0 Å². The topological polar surface area (TPSA) is 78.1 Å². The summed E-state index contributed by atoms with van der Waals surface area (Å²) < 4.78 is 17.5. The maximum Gasteiger partial charge on any atom is 0.343 e. The Morgan fingerprint density at radius 1 is 1.50 bits per heavy atom. The van der Waals surface area contributed by atoms with Crippen LogP contribution in [0.2, 0.25) is 5.02 Å². The molecule has 0 saturated heterocycles. The highest BCUT2D eigenvalue weighted by Gasteiger charge is 2.13. The molecule has 0 aliphatic carbocycles. The molecule has 0 aliphatic rings. The Balaban J connectivity index is 2.26. The number of methoxy groups -OCH3 is 1. The van der Waals surface area contributed by atoms with Crippen LogP contribution in [-0.2, 0) is 11.2 Å². The lowest BCUT2D eigenvalue weighted by Crippen LogP contribution is -2.10. The van der Waals surface area contributed by atoms with E-state index in [2.05, 4.69) is 14.7 Å². The van der Waals surface area contributed by atoms with Gasteiger partial charge in [0.05, 0.1) is 7.11 Å². The molecule has 7 heteroatoms. The van der Waals surface area contributed by atoms with Crippen molar-refractivity contribution in [2.75, 3.05) is 12.8 Å². The standard InChI is InChI=1S/C13H11ClFN3O2/c1-20-13(19)9-6-17-11(18-12(9)16)4-7-2-3-8(15)5-10(7)14/h2-3,5-6H,4H2,1H3,(H2,16,17,18). The quantitative estimate of drug-likeness (QED) is 0.879. The van der Waals surface area contributed by atoms with E-state index in [1.54, 1.807) is 6.07 Å². The van der Waals surface area contributed by atoms with E-state index in [4.69, 9.17) is 17.3 Å². The van der Waals surface area contributed by atoms with Gasteiger partial charge in [0, 0.05) is 17.6 Å². The maximum absolute atomic E-state index is 12.9. The molecule has 0 fully saturated rings. The lowest BCUT2D eigenvalue weighted by atomic mass is 10.1. The van der Waals surface area contributed by atoms with Gasteiger partial charge in [-0.05, 0) is 17.7 Å². The summed E-state index contributed by atoms with van der Waals surface area (Å²) in [5.74, 6) is -0.613. The lowest BCUT2D eigenvalue weighted by molar-refractivity contribution is 0.0601. The molecule has 1 aromatic carbocycles. The highest BCUT2D eigenvalue weighted by molar-refractivity contribution is 6.31. The number of hydrogen-bond acceptors (Lipinski definition) is 5. The predicted octanol–water partition coefficient (Wildman–Crippen LogP) is 2.23. The number of carbonyl (C=O) groups is 1. The van der Waals surface area contributed by atoms with E-state index in [-0.39, 0.29) is 22.8 Å². The monoisotopic (exact) mass is 295 g/mol. The Morgan fingerprint density at radius 2 is 2.25 bits per heavy atom. The van der Waals surface area contributed by atoms with Gasteiger partial charge in [0.15, 0.2) is 0 Å². The van der Waals surface area contributed by atoms with Crippen molar-refractivity contribution in [3.05, 3.63) is 52.2 Å². The molecular weight excluding hydrogens is 285 g/mol. The SMILES string of the molecule is COC(=O)c1cnc(Cc2ccc(F)cc2Cl)nc1N. The third-order valence-electron chi connectivity index (χ3n) is 2.64. The lowest BCUT2D eigenvalue weighted by Gasteiger charge is -2.06. The molecule has 0 saturated carbocycles. The molecule has 20 heavy (non-hydrogen) atoms. The number of anilines is 1. The number of nitrogen functional groups attached to an aromatic ring is 1. The molecule has 1 heterocycles. The minimum absolute atomic E-state index is 0.0279. The largest absolute Gasteiger partial charge is 0.465 e. The Labute approximate surface area is 119 Å². The maximum atomic E-state index is 12.9. The third-order valence-corrected chi connectivity index (χ3v) is 2.99. The minimum atomic E-state index is -0.603. The van der Waals surface area contributed by atoms with Gasteiger partial charge in [-0.2, -0.15) is 0 Å². The first-order chi connectivity index (χ1) is 9.51. The number of rotatable bonds is 3. The number of aromatic nitrogens is 2. The highest BCUT2D eigenvalue weighted by Crippen LogP contribution is 2.20. The highest BCUT2D eigenvalue weighted by atomic mass is 35.5. The minimum Gasteiger partial charge on any atom is -0.465 e. The van der Waals surface area contributed by atoms with Gasteiger partial charge in [-0.25, -0.2) is 19.2 Å². The molecule has 2 aromatic rings. The Bertz CT molecular complexity index is 664. The number of nitrogens with two attached hydrogens (primary N) is 1. The average molecular weight is 296 g/mol. The van der Waals surface area contributed by atoms with Gasteiger partial charge >= 0.3 is 5.97 Å². The smallest absolute Gasteiger partial charge is 0.343 e. The van der Waals surface area contributed by atoms with Gasteiger partial charge in [0.2, 0.25) is 0 Å². The van der Waals surface area contributed by atoms with E-state index >= 15 is 0 Å². The zero-order chi connectivity index (χ0) is 14.7. The average Bonchev–Trinajstić information content (AvgIpc) is 2.41. The fraction of sp³-hybridized carbons (Fsp3) is 0.154. The summed E-state index contributed by atoms with van der Waals surface area (Å²) in [4.78, 5) is 19.4. The zero-order valence-corrected chi connectivity index (χ0v) is 11.3. The van der Waals surface area contributed by atoms with Crippen LogP contribution in [0.15, 0.2) is 24.4 Å². The van der Waals surface area contributed by atoms with Crippen molar-refractivity contribution in [3.63, 3.8) is 0 Å². The number of ether oxygens (including phenoxy) is 1. The molecular formula is C13H11ClFN3O2. The summed E-state index contributed by atoms with van der Waals surface area (Å²) in [7, 11) is 1.24. The first-order valence-corrected chi connectivity index (χ1v) is 6.02. The number of esters is 1. The molecule has 2 N–H and O–H groups in total. The normalized spacial score (nSPS) is 10.3. The second kappa shape index (κ2) is 5.83. The summed E-state index contributed by atoms with van der Waals surface area (Å²) >= 11 is 5.92. The van der Waals surface area contributed by atoms with E-state index in [9.17, 15) is 9.18 Å². The molecule has 0 atom stereocenters. The molecule has 104 valence electrons. The summed E-state index contributed by atoms with van der Waals surface area (Å²) in [6.45, 7) is 0. The van der Waals surface area contributed by atoms with Crippen LogP contribution in [0.4, 0.5) is 10.2 Å². The summed E-state index contributed by atoms with van der Waals surface area (Å²) in [5, 5.41) is 0.282. The first-order valence-electron chi connectivity index (χ1n) is 5.65. The van der Waals surface area contributed by atoms with E-state index in [0.29, 0.717) is 11.4 Å².